The first-order chi connectivity index (χ1) is 11.1. The molecule has 0 aliphatic heterocycles. The van der Waals surface area contributed by atoms with E-state index in [-0.39, 0.29) is 18.7 Å². The van der Waals surface area contributed by atoms with Gasteiger partial charge in [0.1, 0.15) is 5.82 Å². The molecule has 128 valence electrons. The monoisotopic (exact) mass is 320 g/mol. The van der Waals surface area contributed by atoms with Crippen LogP contribution in [0.15, 0.2) is 0 Å². The Morgan fingerprint density at radius 2 is 2.13 bits per heavy atom. The third-order valence-corrected chi connectivity index (χ3v) is 5.36. The van der Waals surface area contributed by atoms with Crippen LogP contribution in [-0.4, -0.2) is 51.3 Å². The molecule has 2 amide bonds. The van der Waals surface area contributed by atoms with E-state index in [1.165, 1.54) is 18.5 Å². The Hall–Kier alpha value is -1.56. The second-order valence-corrected chi connectivity index (χ2v) is 6.87. The van der Waals surface area contributed by atoms with E-state index in [2.05, 4.69) is 14.9 Å². The molecule has 1 fully saturated rings. The van der Waals surface area contributed by atoms with Crippen molar-refractivity contribution in [2.24, 2.45) is 0 Å². The smallest absolute Gasteiger partial charge is 0.317 e. The molecule has 1 aromatic rings. The van der Waals surface area contributed by atoms with Gasteiger partial charge in [-0.2, -0.15) is 0 Å². The summed E-state index contributed by atoms with van der Waals surface area (Å²) in [5, 5.41) is 12.4. The Labute approximate surface area is 137 Å². The molecule has 0 spiro atoms. The van der Waals surface area contributed by atoms with Crippen molar-refractivity contribution in [3.8, 4) is 0 Å². The fourth-order valence-electron chi connectivity index (χ4n) is 4.01. The summed E-state index contributed by atoms with van der Waals surface area (Å²) in [4.78, 5) is 19.0. The largest absolute Gasteiger partial charge is 0.395 e. The normalized spacial score (nSPS) is 21.3. The third kappa shape index (κ3) is 3.37. The van der Waals surface area contributed by atoms with Crippen LogP contribution in [0, 0.1) is 6.92 Å². The molecular weight excluding hydrogens is 292 g/mol. The molecule has 2 aliphatic rings. The van der Waals surface area contributed by atoms with Gasteiger partial charge in [0, 0.05) is 37.8 Å². The summed E-state index contributed by atoms with van der Waals surface area (Å²) in [6.07, 6.45) is 7.36. The molecule has 1 saturated carbocycles. The van der Waals surface area contributed by atoms with Crippen molar-refractivity contribution in [2.75, 3.05) is 13.7 Å². The fraction of sp³-hybridized carbons (Fsp3) is 0.765. The first-order valence-corrected chi connectivity index (χ1v) is 8.79. The highest BCUT2D eigenvalue weighted by Crippen LogP contribution is 2.24. The number of hydrogen-bond donors (Lipinski definition) is 2. The van der Waals surface area contributed by atoms with Crippen LogP contribution in [0.25, 0.3) is 0 Å². The number of nitrogens with one attached hydrogen (secondary N) is 1. The Bertz CT molecular complexity index is 563. The number of rotatable bonds is 4. The molecule has 6 heteroatoms. The predicted octanol–water partition coefficient (Wildman–Crippen LogP) is 1.63. The number of aryl methyl sites for hydroxylation is 1. The minimum Gasteiger partial charge on any atom is -0.395 e. The number of aliphatic hydroxyl groups is 1. The van der Waals surface area contributed by atoms with Crippen molar-refractivity contribution in [1.29, 1.82) is 0 Å². The lowest BCUT2D eigenvalue weighted by atomic mass is 9.96. The first-order valence-electron chi connectivity index (χ1n) is 8.79. The predicted molar refractivity (Wildman–Crippen MR) is 88.4 cm³/mol. The van der Waals surface area contributed by atoms with Crippen molar-refractivity contribution in [1.82, 2.24) is 19.8 Å². The molecule has 1 atom stereocenters. The zero-order valence-corrected chi connectivity index (χ0v) is 14.2. The van der Waals surface area contributed by atoms with Gasteiger partial charge in [0.15, 0.2) is 0 Å². The lowest BCUT2D eigenvalue weighted by Gasteiger charge is -2.29. The van der Waals surface area contributed by atoms with E-state index in [9.17, 15) is 9.90 Å². The Morgan fingerprint density at radius 3 is 2.83 bits per heavy atom. The molecule has 0 aromatic carbocycles. The van der Waals surface area contributed by atoms with Gasteiger partial charge in [0.25, 0.3) is 0 Å². The molecule has 1 unspecified atom stereocenters. The van der Waals surface area contributed by atoms with Crippen molar-refractivity contribution in [3.05, 3.63) is 17.2 Å². The van der Waals surface area contributed by atoms with Crippen LogP contribution in [0.3, 0.4) is 0 Å². The molecule has 2 aliphatic carbocycles. The van der Waals surface area contributed by atoms with E-state index >= 15 is 0 Å². The van der Waals surface area contributed by atoms with Crippen molar-refractivity contribution in [3.63, 3.8) is 0 Å². The van der Waals surface area contributed by atoms with E-state index in [4.69, 9.17) is 0 Å². The van der Waals surface area contributed by atoms with Crippen LogP contribution in [0.2, 0.25) is 0 Å². The van der Waals surface area contributed by atoms with Gasteiger partial charge in [-0.15, -0.1) is 0 Å². The van der Waals surface area contributed by atoms with Crippen molar-refractivity contribution >= 4 is 6.03 Å². The number of hydrogen-bond acceptors (Lipinski definition) is 3. The van der Waals surface area contributed by atoms with E-state index in [1.54, 1.807) is 0 Å². The van der Waals surface area contributed by atoms with Crippen LogP contribution in [0.1, 0.15) is 49.3 Å². The highest BCUT2D eigenvalue weighted by Gasteiger charge is 2.28. The molecule has 0 saturated heterocycles. The molecule has 1 heterocycles. The average molecular weight is 320 g/mol. The molecule has 0 radical (unpaired) electrons. The van der Waals surface area contributed by atoms with E-state index in [0.29, 0.717) is 12.6 Å². The molecule has 3 rings (SSSR count). The van der Waals surface area contributed by atoms with Gasteiger partial charge in [-0.05, 0) is 32.6 Å². The SMILES string of the molecule is Cc1nc2c(n1CCO)CCC(NC(=O)N(C)C1CCCC1)C2. The van der Waals surface area contributed by atoms with Gasteiger partial charge >= 0.3 is 6.03 Å². The van der Waals surface area contributed by atoms with Crippen molar-refractivity contribution < 1.29 is 9.90 Å². The highest BCUT2D eigenvalue weighted by atomic mass is 16.3. The lowest BCUT2D eigenvalue weighted by Crippen LogP contribution is -2.48. The second kappa shape index (κ2) is 6.91. The fourth-order valence-corrected chi connectivity index (χ4v) is 4.01. The number of fused-ring (bicyclic) bond motifs is 1. The van der Waals surface area contributed by atoms with Crippen LogP contribution >= 0.6 is 0 Å². The Balaban J connectivity index is 1.61. The highest BCUT2D eigenvalue weighted by molar-refractivity contribution is 5.74. The summed E-state index contributed by atoms with van der Waals surface area (Å²) in [5.41, 5.74) is 2.31. The molecule has 0 bridgehead atoms. The maximum Gasteiger partial charge on any atom is 0.317 e. The van der Waals surface area contributed by atoms with Crippen LogP contribution in [0.4, 0.5) is 4.79 Å². The van der Waals surface area contributed by atoms with Crippen molar-refractivity contribution in [2.45, 2.75) is 70.5 Å². The Kier molecular flexibility index (Phi) is 4.90. The topological polar surface area (TPSA) is 70.4 Å². The minimum absolute atomic E-state index is 0.0527. The first kappa shape index (κ1) is 16.3. The van der Waals surface area contributed by atoms with Gasteiger partial charge in [-0.1, -0.05) is 12.8 Å². The third-order valence-electron chi connectivity index (χ3n) is 5.36. The maximum atomic E-state index is 12.4. The number of amides is 2. The van der Waals surface area contributed by atoms with Crippen LogP contribution in [-0.2, 0) is 19.4 Å². The summed E-state index contributed by atoms with van der Waals surface area (Å²) in [6, 6.07) is 0.618. The van der Waals surface area contributed by atoms with Gasteiger partial charge < -0.3 is 19.9 Å². The summed E-state index contributed by atoms with van der Waals surface area (Å²) < 4.78 is 2.11. The minimum atomic E-state index is 0.0527. The molecule has 6 nitrogen and oxygen atoms in total. The van der Waals surface area contributed by atoms with E-state index < -0.39 is 0 Å². The van der Waals surface area contributed by atoms with Gasteiger partial charge in [0.05, 0.1) is 12.3 Å². The summed E-state index contributed by atoms with van der Waals surface area (Å²) >= 11 is 0. The summed E-state index contributed by atoms with van der Waals surface area (Å²) in [6.45, 7) is 2.72. The number of aromatic nitrogens is 2. The number of carbonyl (C=O) groups is 1. The van der Waals surface area contributed by atoms with E-state index in [0.717, 1.165) is 43.6 Å². The average Bonchev–Trinajstić information content (AvgIpc) is 3.15. The molecular formula is C17H28N4O2. The van der Waals surface area contributed by atoms with Gasteiger partial charge in [-0.25, -0.2) is 9.78 Å². The molecule has 1 aromatic heterocycles. The van der Waals surface area contributed by atoms with Crippen LogP contribution < -0.4 is 5.32 Å². The number of urea groups is 1. The summed E-state index contributed by atoms with van der Waals surface area (Å²) in [5.74, 6) is 0.958. The lowest BCUT2D eigenvalue weighted by molar-refractivity contribution is 0.185. The quantitative estimate of drug-likeness (QED) is 0.886. The number of carbonyl (C=O) groups excluding carboxylic acids is 1. The van der Waals surface area contributed by atoms with Crippen LogP contribution in [0.5, 0.6) is 0 Å². The zero-order chi connectivity index (χ0) is 16.4. The maximum absolute atomic E-state index is 12.4. The number of nitrogens with zero attached hydrogens (tertiary/aromatic N) is 3. The number of imidazole rings is 1. The zero-order valence-electron chi connectivity index (χ0n) is 14.2. The van der Waals surface area contributed by atoms with E-state index in [1.807, 2.05) is 18.9 Å². The van der Waals surface area contributed by atoms with Gasteiger partial charge in [0.2, 0.25) is 0 Å². The Morgan fingerprint density at radius 1 is 1.39 bits per heavy atom. The molecule has 2 N–H and O–H groups in total. The summed E-state index contributed by atoms with van der Waals surface area (Å²) in [7, 11) is 1.92. The molecule has 23 heavy (non-hydrogen) atoms. The van der Waals surface area contributed by atoms with Gasteiger partial charge in [-0.3, -0.25) is 0 Å². The number of aliphatic hydroxyl groups excluding tert-OH is 1. The standard InChI is InChI=1S/C17H28N4O2/c1-12-18-15-11-13(7-8-16(15)21(12)9-10-22)19-17(23)20(2)14-5-3-4-6-14/h13-14,22H,3-11H2,1-2H3,(H,19,23). The second-order valence-electron chi connectivity index (χ2n) is 6.87.